The third-order valence-corrected chi connectivity index (χ3v) is 3.55. The number of nitrogens with one attached hydrogen (secondary N) is 1. The van der Waals surface area contributed by atoms with Gasteiger partial charge in [0, 0.05) is 24.6 Å². The van der Waals surface area contributed by atoms with Crippen molar-refractivity contribution in [1.82, 2.24) is 5.32 Å². The van der Waals surface area contributed by atoms with Gasteiger partial charge in [-0.15, -0.1) is 0 Å². The van der Waals surface area contributed by atoms with Crippen LogP contribution in [0.3, 0.4) is 0 Å². The average Bonchev–Trinajstić information content (AvgIpc) is 2.88. The van der Waals surface area contributed by atoms with Gasteiger partial charge < -0.3 is 15.8 Å². The number of hydrogen-bond acceptors (Lipinski definition) is 3. The molecule has 2 rings (SSSR count). The van der Waals surface area contributed by atoms with E-state index in [2.05, 4.69) is 17.2 Å². The van der Waals surface area contributed by atoms with Crippen LogP contribution < -0.4 is 11.1 Å². The predicted molar refractivity (Wildman–Crippen MR) is 78.2 cm³/mol. The smallest absolute Gasteiger partial charge is 0.252 e. The average molecular weight is 272 g/mol. The molecule has 3 N–H and O–H groups in total. The second-order valence-corrected chi connectivity index (χ2v) is 4.89. The summed E-state index contributed by atoms with van der Waals surface area (Å²) in [6.45, 7) is 3.75. The Morgan fingerprint density at radius 1 is 1.50 bits per heavy atom. The van der Waals surface area contributed by atoms with Gasteiger partial charge in [0.15, 0.2) is 0 Å². The van der Waals surface area contributed by atoms with Crippen LogP contribution in [0.4, 0.5) is 0 Å². The van der Waals surface area contributed by atoms with Crippen LogP contribution in [0.25, 0.3) is 0 Å². The molecule has 0 radical (unpaired) electrons. The zero-order valence-electron chi connectivity index (χ0n) is 11.7. The predicted octanol–water partition coefficient (Wildman–Crippen LogP) is 1.15. The van der Waals surface area contributed by atoms with Gasteiger partial charge in [-0.25, -0.2) is 0 Å². The van der Waals surface area contributed by atoms with E-state index in [1.807, 2.05) is 25.1 Å². The van der Waals surface area contributed by atoms with Crippen molar-refractivity contribution in [1.29, 1.82) is 0 Å². The van der Waals surface area contributed by atoms with Crippen molar-refractivity contribution < 1.29 is 9.53 Å². The van der Waals surface area contributed by atoms with E-state index in [-0.39, 0.29) is 18.6 Å². The van der Waals surface area contributed by atoms with Gasteiger partial charge in [-0.05, 0) is 25.5 Å². The number of amides is 1. The standard InChI is InChI=1S/C16H20N2O2/c1-12-14(8-10-20-12)11-18-16(19)15-7-3-2-5-13(15)6-4-9-17/h2-3,5,7,12,14H,8-11,17H2,1H3,(H,18,19). The largest absolute Gasteiger partial charge is 0.378 e. The summed E-state index contributed by atoms with van der Waals surface area (Å²) in [6.07, 6.45) is 1.21. The van der Waals surface area contributed by atoms with E-state index in [9.17, 15) is 4.79 Å². The molecule has 4 nitrogen and oxygen atoms in total. The van der Waals surface area contributed by atoms with Crippen LogP contribution in [0, 0.1) is 17.8 Å². The molecule has 0 aromatic heterocycles. The Hall–Kier alpha value is -1.83. The highest BCUT2D eigenvalue weighted by Crippen LogP contribution is 2.19. The van der Waals surface area contributed by atoms with Gasteiger partial charge in [0.25, 0.3) is 5.91 Å². The van der Waals surface area contributed by atoms with E-state index >= 15 is 0 Å². The zero-order chi connectivity index (χ0) is 14.4. The molecule has 106 valence electrons. The lowest BCUT2D eigenvalue weighted by atomic mass is 10.0. The summed E-state index contributed by atoms with van der Waals surface area (Å²) in [5.74, 6) is 6.01. The molecule has 1 aliphatic heterocycles. The highest BCUT2D eigenvalue weighted by molar-refractivity contribution is 5.96. The summed E-state index contributed by atoms with van der Waals surface area (Å²) in [4.78, 5) is 12.2. The first kappa shape index (κ1) is 14.6. The van der Waals surface area contributed by atoms with Crippen LogP contribution in [0.1, 0.15) is 29.3 Å². The molecule has 1 fully saturated rings. The van der Waals surface area contributed by atoms with Crippen LogP contribution in [-0.4, -0.2) is 31.7 Å². The first-order valence-corrected chi connectivity index (χ1v) is 6.90. The van der Waals surface area contributed by atoms with E-state index in [0.717, 1.165) is 13.0 Å². The molecule has 0 bridgehead atoms. The monoisotopic (exact) mass is 272 g/mol. The molecule has 0 spiro atoms. The van der Waals surface area contributed by atoms with E-state index in [4.69, 9.17) is 10.5 Å². The maximum Gasteiger partial charge on any atom is 0.252 e. The topological polar surface area (TPSA) is 64.3 Å². The molecular formula is C16H20N2O2. The minimum absolute atomic E-state index is 0.0916. The minimum Gasteiger partial charge on any atom is -0.378 e. The quantitative estimate of drug-likeness (QED) is 0.811. The molecule has 0 aliphatic carbocycles. The summed E-state index contributed by atoms with van der Waals surface area (Å²) in [5.41, 5.74) is 6.68. The normalized spacial score (nSPS) is 21.1. The van der Waals surface area contributed by atoms with Crippen LogP contribution >= 0.6 is 0 Å². The molecule has 1 aromatic carbocycles. The number of hydrogen-bond donors (Lipinski definition) is 2. The SMILES string of the molecule is CC1OCCC1CNC(=O)c1ccccc1C#CCN. The van der Waals surface area contributed by atoms with Crippen molar-refractivity contribution in [2.24, 2.45) is 11.7 Å². The first-order chi connectivity index (χ1) is 9.72. The van der Waals surface area contributed by atoms with E-state index < -0.39 is 0 Å². The highest BCUT2D eigenvalue weighted by atomic mass is 16.5. The Bertz CT molecular complexity index is 531. The van der Waals surface area contributed by atoms with Crippen molar-refractivity contribution in [3.05, 3.63) is 35.4 Å². The summed E-state index contributed by atoms with van der Waals surface area (Å²) in [6, 6.07) is 7.32. The van der Waals surface area contributed by atoms with Gasteiger partial charge in [0.05, 0.1) is 18.2 Å². The first-order valence-electron chi connectivity index (χ1n) is 6.90. The Kier molecular flexibility index (Phi) is 5.16. The van der Waals surface area contributed by atoms with Gasteiger partial charge in [-0.1, -0.05) is 24.0 Å². The second kappa shape index (κ2) is 7.09. The maximum absolute atomic E-state index is 12.2. The minimum atomic E-state index is -0.0916. The van der Waals surface area contributed by atoms with Gasteiger partial charge in [0.2, 0.25) is 0 Å². The zero-order valence-corrected chi connectivity index (χ0v) is 11.7. The Labute approximate surface area is 119 Å². The summed E-state index contributed by atoms with van der Waals surface area (Å²) in [7, 11) is 0. The lowest BCUT2D eigenvalue weighted by Gasteiger charge is -2.15. The van der Waals surface area contributed by atoms with Crippen LogP contribution in [0.2, 0.25) is 0 Å². The fourth-order valence-corrected chi connectivity index (χ4v) is 2.30. The lowest BCUT2D eigenvalue weighted by molar-refractivity contribution is 0.0907. The second-order valence-electron chi connectivity index (χ2n) is 4.89. The molecule has 4 heteroatoms. The summed E-state index contributed by atoms with van der Waals surface area (Å²) < 4.78 is 5.49. The summed E-state index contributed by atoms with van der Waals surface area (Å²) in [5, 5.41) is 2.97. The number of ether oxygens (including phenoxy) is 1. The van der Waals surface area contributed by atoms with Gasteiger partial charge >= 0.3 is 0 Å². The number of carbonyl (C=O) groups is 1. The molecule has 20 heavy (non-hydrogen) atoms. The van der Waals surface area contributed by atoms with Crippen molar-refractivity contribution in [3.63, 3.8) is 0 Å². The molecule has 1 aliphatic rings. The van der Waals surface area contributed by atoms with Crippen molar-refractivity contribution in [3.8, 4) is 11.8 Å². The number of nitrogens with two attached hydrogens (primary N) is 1. The molecule has 1 heterocycles. The van der Waals surface area contributed by atoms with Crippen molar-refractivity contribution in [2.45, 2.75) is 19.4 Å². The molecular weight excluding hydrogens is 252 g/mol. The Balaban J connectivity index is 2.02. The number of benzene rings is 1. The summed E-state index contributed by atoms with van der Waals surface area (Å²) >= 11 is 0. The van der Waals surface area contributed by atoms with Crippen LogP contribution in [-0.2, 0) is 4.74 Å². The van der Waals surface area contributed by atoms with Gasteiger partial charge in [-0.2, -0.15) is 0 Å². The highest BCUT2D eigenvalue weighted by Gasteiger charge is 2.24. The molecule has 1 amide bonds. The third-order valence-electron chi connectivity index (χ3n) is 3.55. The van der Waals surface area contributed by atoms with E-state index in [1.165, 1.54) is 0 Å². The Morgan fingerprint density at radius 2 is 2.30 bits per heavy atom. The number of rotatable bonds is 3. The van der Waals surface area contributed by atoms with Crippen molar-refractivity contribution in [2.75, 3.05) is 19.7 Å². The van der Waals surface area contributed by atoms with Gasteiger partial charge in [0.1, 0.15) is 0 Å². The molecule has 2 unspecified atom stereocenters. The van der Waals surface area contributed by atoms with Crippen LogP contribution in [0.5, 0.6) is 0 Å². The molecule has 0 saturated carbocycles. The maximum atomic E-state index is 12.2. The molecule has 1 aromatic rings. The third kappa shape index (κ3) is 3.60. The fourth-order valence-electron chi connectivity index (χ4n) is 2.30. The number of carbonyl (C=O) groups excluding carboxylic acids is 1. The van der Waals surface area contributed by atoms with E-state index in [1.54, 1.807) is 6.07 Å². The van der Waals surface area contributed by atoms with E-state index in [0.29, 0.717) is 23.6 Å². The molecule has 1 saturated heterocycles. The molecule has 2 atom stereocenters. The lowest BCUT2D eigenvalue weighted by Crippen LogP contribution is -2.32. The van der Waals surface area contributed by atoms with Gasteiger partial charge in [-0.3, -0.25) is 4.79 Å². The Morgan fingerprint density at radius 3 is 3.00 bits per heavy atom. The van der Waals surface area contributed by atoms with Crippen LogP contribution in [0.15, 0.2) is 24.3 Å². The fraction of sp³-hybridized carbons (Fsp3) is 0.438. The van der Waals surface area contributed by atoms with Crippen molar-refractivity contribution >= 4 is 5.91 Å².